The van der Waals surface area contributed by atoms with Crippen LogP contribution in [0, 0.1) is 0 Å². The van der Waals surface area contributed by atoms with Gasteiger partial charge in [-0.2, -0.15) is 4.57 Å². The van der Waals surface area contributed by atoms with Crippen LogP contribution in [0.4, 0.5) is 0 Å². The van der Waals surface area contributed by atoms with Crippen LogP contribution >= 0.6 is 11.3 Å². The molecule has 0 aromatic carbocycles. The van der Waals surface area contributed by atoms with E-state index in [2.05, 4.69) is 31.2 Å². The molecule has 4 aromatic rings. The highest BCUT2D eigenvalue weighted by Crippen LogP contribution is 2.36. The van der Waals surface area contributed by atoms with Gasteiger partial charge in [-0.25, -0.2) is 0 Å². The topological polar surface area (TPSA) is 34.1 Å². The van der Waals surface area contributed by atoms with E-state index in [0.29, 0.717) is 0 Å². The molecule has 19 heavy (non-hydrogen) atoms. The molecule has 0 saturated carbocycles. The van der Waals surface area contributed by atoms with Crippen molar-refractivity contribution in [2.75, 3.05) is 0 Å². The molecule has 0 fully saturated rings. The van der Waals surface area contributed by atoms with Crippen LogP contribution in [-0.4, -0.2) is 14.4 Å². The van der Waals surface area contributed by atoms with Gasteiger partial charge in [-0.3, -0.25) is 9.97 Å². The fourth-order valence-corrected chi connectivity index (χ4v) is 4.10. The van der Waals surface area contributed by atoms with Crippen molar-refractivity contribution in [3.63, 3.8) is 0 Å². The van der Waals surface area contributed by atoms with Crippen molar-refractivity contribution in [1.82, 2.24) is 14.4 Å². The smallest absolute Gasteiger partial charge is 0.272 e. The van der Waals surface area contributed by atoms with E-state index in [1.54, 1.807) is 0 Å². The second-order valence-electron chi connectivity index (χ2n) is 4.70. The van der Waals surface area contributed by atoms with Crippen LogP contribution in [-0.2, 0) is 6.54 Å². The van der Waals surface area contributed by atoms with Crippen molar-refractivity contribution in [2.45, 2.75) is 6.54 Å². The van der Waals surface area contributed by atoms with Gasteiger partial charge in [0, 0.05) is 18.6 Å². The number of rotatable bonds is 0. The fraction of sp³-hybridized carbons (Fsp3) is 0.0714. The highest BCUT2D eigenvalue weighted by atomic mass is 32.1. The van der Waals surface area contributed by atoms with E-state index in [1.807, 2.05) is 42.2 Å². The van der Waals surface area contributed by atoms with Crippen molar-refractivity contribution >= 4 is 27.1 Å². The molecule has 5 rings (SSSR count). The zero-order valence-corrected chi connectivity index (χ0v) is 10.8. The molecule has 0 N–H and O–H groups in total. The molecule has 90 valence electrons. The molecule has 4 nitrogen and oxygen atoms in total. The van der Waals surface area contributed by atoms with E-state index < -0.39 is 0 Å². The lowest BCUT2D eigenvalue weighted by Crippen LogP contribution is -2.30. The SMILES string of the molecule is c1cnc2c(c1)-c1sc3c4cnccn4cc3[n+]1C2. The molecule has 5 heteroatoms. The van der Waals surface area contributed by atoms with Gasteiger partial charge in [0.05, 0.1) is 23.5 Å². The molecular formula is C14H9N4S+. The van der Waals surface area contributed by atoms with Crippen LogP contribution in [0.15, 0.2) is 43.1 Å². The third kappa shape index (κ3) is 1.11. The van der Waals surface area contributed by atoms with E-state index in [0.717, 1.165) is 6.54 Å². The number of nitrogens with zero attached hydrogens (tertiary/aromatic N) is 4. The monoisotopic (exact) mass is 265 g/mol. The number of hydrogen-bond acceptors (Lipinski definition) is 3. The third-order valence-corrected chi connectivity index (χ3v) is 4.93. The van der Waals surface area contributed by atoms with Gasteiger partial charge in [-0.1, -0.05) is 11.3 Å². The van der Waals surface area contributed by atoms with E-state index in [4.69, 9.17) is 0 Å². The lowest BCUT2D eigenvalue weighted by atomic mass is 10.2. The summed E-state index contributed by atoms with van der Waals surface area (Å²) >= 11 is 1.83. The van der Waals surface area contributed by atoms with Crippen molar-refractivity contribution in [2.24, 2.45) is 0 Å². The number of fused-ring (bicyclic) bond motifs is 7. The number of hydrogen-bond donors (Lipinski definition) is 0. The van der Waals surface area contributed by atoms with Gasteiger partial charge in [0.1, 0.15) is 10.4 Å². The lowest BCUT2D eigenvalue weighted by Gasteiger charge is -1.90. The van der Waals surface area contributed by atoms with Crippen LogP contribution in [0.5, 0.6) is 0 Å². The first-order valence-electron chi connectivity index (χ1n) is 6.13. The summed E-state index contributed by atoms with van der Waals surface area (Å²) in [5.74, 6) is 0. The number of pyridine rings is 1. The average molecular weight is 265 g/mol. The van der Waals surface area contributed by atoms with E-state index in [-0.39, 0.29) is 0 Å². The van der Waals surface area contributed by atoms with Crippen molar-refractivity contribution in [3.8, 4) is 10.6 Å². The summed E-state index contributed by atoms with van der Waals surface area (Å²) in [6.45, 7) is 0.871. The van der Waals surface area contributed by atoms with E-state index >= 15 is 0 Å². The Morgan fingerprint density at radius 2 is 2.32 bits per heavy atom. The van der Waals surface area contributed by atoms with E-state index in [1.165, 1.54) is 32.0 Å². The molecule has 0 bridgehead atoms. The van der Waals surface area contributed by atoms with Crippen LogP contribution in [0.1, 0.15) is 5.69 Å². The molecule has 0 radical (unpaired) electrons. The standard InChI is InChI=1S/C14H9N4S/c1-2-9-10(16-3-1)7-18-12-8-17-5-4-15-6-11(17)13(12)19-14(9)18/h1-6,8H,7H2/q+1. The summed E-state index contributed by atoms with van der Waals surface area (Å²) in [4.78, 5) is 8.70. The Balaban J connectivity index is 1.93. The third-order valence-electron chi connectivity index (χ3n) is 3.68. The van der Waals surface area contributed by atoms with Gasteiger partial charge in [-0.05, 0) is 12.1 Å². The largest absolute Gasteiger partial charge is 0.313 e. The Hall–Kier alpha value is -2.27. The zero-order chi connectivity index (χ0) is 12.4. The zero-order valence-electron chi connectivity index (χ0n) is 9.95. The van der Waals surface area contributed by atoms with Crippen molar-refractivity contribution in [3.05, 3.63) is 48.8 Å². The molecule has 1 aliphatic rings. The summed E-state index contributed by atoms with van der Waals surface area (Å²) in [5, 5.41) is 1.31. The van der Waals surface area contributed by atoms with Crippen LogP contribution in [0.25, 0.3) is 26.3 Å². The molecule has 0 atom stereocenters. The minimum absolute atomic E-state index is 0.871. The molecule has 0 unspecified atom stereocenters. The van der Waals surface area contributed by atoms with Crippen LogP contribution in [0.3, 0.4) is 0 Å². The molecule has 0 spiro atoms. The summed E-state index contributed by atoms with van der Waals surface area (Å²) in [5.41, 5.74) is 4.88. The predicted molar refractivity (Wildman–Crippen MR) is 73.1 cm³/mol. The molecule has 0 saturated heterocycles. The first-order chi connectivity index (χ1) is 9.42. The second kappa shape index (κ2) is 3.19. The van der Waals surface area contributed by atoms with Crippen molar-refractivity contribution < 1.29 is 4.57 Å². The molecule has 5 heterocycles. The minimum atomic E-state index is 0.871. The molecule has 0 aliphatic carbocycles. The average Bonchev–Trinajstić information content (AvgIpc) is 3.07. The molecule has 0 amide bonds. The maximum absolute atomic E-state index is 4.47. The van der Waals surface area contributed by atoms with Gasteiger partial charge >= 0.3 is 0 Å². The first kappa shape index (κ1) is 9.63. The minimum Gasteiger partial charge on any atom is -0.313 e. The maximum atomic E-state index is 4.47. The Morgan fingerprint density at radius 3 is 3.32 bits per heavy atom. The Kier molecular flexibility index (Phi) is 1.62. The van der Waals surface area contributed by atoms with Gasteiger partial charge in [0.25, 0.3) is 5.01 Å². The van der Waals surface area contributed by atoms with Crippen molar-refractivity contribution in [1.29, 1.82) is 0 Å². The molecular weight excluding hydrogens is 256 g/mol. The highest BCUT2D eigenvalue weighted by molar-refractivity contribution is 7.22. The van der Waals surface area contributed by atoms with Gasteiger partial charge in [0.15, 0.2) is 6.54 Å². The summed E-state index contributed by atoms with van der Waals surface area (Å²) in [6.07, 6.45) is 9.79. The number of aromatic nitrogens is 4. The van der Waals surface area contributed by atoms with Gasteiger partial charge in [0.2, 0.25) is 5.52 Å². The Labute approximate surface area is 112 Å². The summed E-state index contributed by atoms with van der Waals surface area (Å²) in [6, 6.07) is 4.16. The molecule has 4 aromatic heterocycles. The van der Waals surface area contributed by atoms with Crippen LogP contribution in [0.2, 0.25) is 0 Å². The predicted octanol–water partition coefficient (Wildman–Crippen LogP) is 2.26. The Bertz CT molecular complexity index is 951. The van der Waals surface area contributed by atoms with Gasteiger partial charge in [-0.15, -0.1) is 0 Å². The Morgan fingerprint density at radius 1 is 1.32 bits per heavy atom. The second-order valence-corrected chi connectivity index (χ2v) is 5.70. The normalized spacial score (nSPS) is 13.1. The molecule has 1 aliphatic heterocycles. The first-order valence-corrected chi connectivity index (χ1v) is 6.95. The lowest BCUT2D eigenvalue weighted by molar-refractivity contribution is -0.642. The quantitative estimate of drug-likeness (QED) is 0.402. The van der Waals surface area contributed by atoms with E-state index in [9.17, 15) is 0 Å². The van der Waals surface area contributed by atoms with Gasteiger partial charge < -0.3 is 4.40 Å². The number of thiazole rings is 1. The summed E-state index contributed by atoms with van der Waals surface area (Å²) < 4.78 is 5.79. The maximum Gasteiger partial charge on any atom is 0.272 e. The summed E-state index contributed by atoms with van der Waals surface area (Å²) in [7, 11) is 0. The highest BCUT2D eigenvalue weighted by Gasteiger charge is 2.33. The fourth-order valence-electron chi connectivity index (χ4n) is 2.80. The van der Waals surface area contributed by atoms with Crippen LogP contribution < -0.4 is 4.57 Å².